The smallest absolute Gasteiger partial charge is 0.163 e. The molecular formula is C20H21N5O2. The van der Waals surface area contributed by atoms with Gasteiger partial charge in [0.15, 0.2) is 23.1 Å². The predicted octanol–water partition coefficient (Wildman–Crippen LogP) is 3.93. The summed E-state index contributed by atoms with van der Waals surface area (Å²) in [6.07, 6.45) is 1.48. The quantitative estimate of drug-likeness (QED) is 0.646. The van der Waals surface area contributed by atoms with Gasteiger partial charge in [0.25, 0.3) is 0 Å². The number of nitrogen functional groups attached to an aromatic ring is 1. The van der Waals surface area contributed by atoms with E-state index in [-0.39, 0.29) is 0 Å². The topological polar surface area (TPSA) is 94.3 Å². The molecule has 138 valence electrons. The van der Waals surface area contributed by atoms with E-state index in [1.54, 1.807) is 0 Å². The van der Waals surface area contributed by atoms with Gasteiger partial charge in [-0.1, -0.05) is 12.1 Å². The van der Waals surface area contributed by atoms with E-state index >= 15 is 0 Å². The number of nitrogens with one attached hydrogen (secondary N) is 2. The molecule has 0 unspecified atom stereocenters. The van der Waals surface area contributed by atoms with Gasteiger partial charge in [-0.3, -0.25) is 0 Å². The molecule has 0 atom stereocenters. The molecule has 7 heteroatoms. The highest BCUT2D eigenvalue weighted by Gasteiger charge is 2.14. The minimum absolute atomic E-state index is 0.438. The third kappa shape index (κ3) is 3.57. The average molecular weight is 363 g/mol. The minimum Gasteiger partial charge on any atom is -0.486 e. The molecule has 27 heavy (non-hydrogen) atoms. The van der Waals surface area contributed by atoms with Crippen LogP contribution in [0.4, 0.5) is 28.7 Å². The second kappa shape index (κ2) is 7.03. The number of aryl methyl sites for hydroxylation is 2. The third-order valence-electron chi connectivity index (χ3n) is 4.33. The van der Waals surface area contributed by atoms with Gasteiger partial charge in [-0.15, -0.1) is 0 Å². The lowest BCUT2D eigenvalue weighted by atomic mass is 10.1. The molecule has 2 heterocycles. The Morgan fingerprint density at radius 1 is 0.889 bits per heavy atom. The van der Waals surface area contributed by atoms with Crippen molar-refractivity contribution in [2.24, 2.45) is 0 Å². The first-order chi connectivity index (χ1) is 13.1. The van der Waals surface area contributed by atoms with Gasteiger partial charge in [0, 0.05) is 17.4 Å². The molecule has 4 N–H and O–H groups in total. The molecule has 7 nitrogen and oxygen atoms in total. The van der Waals surface area contributed by atoms with Crippen molar-refractivity contribution in [3.05, 3.63) is 53.9 Å². The standard InChI is InChI=1S/C20H21N5O2/c1-12-3-4-13(2)15(9-12)25-20-18(21)19(22-11-23-20)24-14-5-6-16-17(10-14)27-8-7-26-16/h3-6,9-11H,7-8,21H2,1-2H3,(H2,22,23,24,25). The van der Waals surface area contributed by atoms with E-state index in [9.17, 15) is 0 Å². The van der Waals surface area contributed by atoms with E-state index < -0.39 is 0 Å². The second-order valence-corrected chi connectivity index (χ2v) is 6.41. The monoisotopic (exact) mass is 363 g/mol. The van der Waals surface area contributed by atoms with Crippen molar-refractivity contribution in [1.29, 1.82) is 0 Å². The van der Waals surface area contributed by atoms with Gasteiger partial charge in [-0.2, -0.15) is 0 Å². The van der Waals surface area contributed by atoms with Crippen LogP contribution in [0.1, 0.15) is 11.1 Å². The van der Waals surface area contributed by atoms with Crippen LogP contribution in [0.3, 0.4) is 0 Å². The van der Waals surface area contributed by atoms with Gasteiger partial charge >= 0.3 is 0 Å². The van der Waals surface area contributed by atoms with Crippen molar-refractivity contribution >= 4 is 28.7 Å². The molecule has 0 radical (unpaired) electrons. The lowest BCUT2D eigenvalue weighted by Gasteiger charge is -2.19. The van der Waals surface area contributed by atoms with Crippen LogP contribution in [0.5, 0.6) is 11.5 Å². The summed E-state index contributed by atoms with van der Waals surface area (Å²) < 4.78 is 11.2. The van der Waals surface area contributed by atoms with Crippen molar-refractivity contribution < 1.29 is 9.47 Å². The van der Waals surface area contributed by atoms with Gasteiger partial charge in [-0.05, 0) is 43.2 Å². The molecule has 0 spiro atoms. The predicted molar refractivity (Wildman–Crippen MR) is 106 cm³/mol. The van der Waals surface area contributed by atoms with E-state index in [0.29, 0.717) is 36.3 Å². The first-order valence-corrected chi connectivity index (χ1v) is 8.71. The van der Waals surface area contributed by atoms with Crippen LogP contribution >= 0.6 is 0 Å². The molecule has 0 bridgehead atoms. The minimum atomic E-state index is 0.438. The van der Waals surface area contributed by atoms with Gasteiger partial charge < -0.3 is 25.8 Å². The van der Waals surface area contributed by atoms with Gasteiger partial charge in [0.05, 0.1) is 0 Å². The molecule has 0 aliphatic carbocycles. The lowest BCUT2D eigenvalue weighted by molar-refractivity contribution is 0.171. The molecular weight excluding hydrogens is 342 g/mol. The zero-order chi connectivity index (χ0) is 18.8. The summed E-state index contributed by atoms with van der Waals surface area (Å²) in [4.78, 5) is 8.55. The number of hydrogen-bond donors (Lipinski definition) is 3. The molecule has 4 rings (SSSR count). The summed E-state index contributed by atoms with van der Waals surface area (Å²) in [6.45, 7) is 5.18. The molecule has 0 fully saturated rings. The lowest BCUT2D eigenvalue weighted by Crippen LogP contribution is -2.15. The molecule has 0 saturated carbocycles. The highest BCUT2D eigenvalue weighted by Crippen LogP contribution is 2.35. The number of anilines is 5. The summed E-state index contributed by atoms with van der Waals surface area (Å²) in [5.41, 5.74) is 10.8. The number of hydrogen-bond acceptors (Lipinski definition) is 7. The largest absolute Gasteiger partial charge is 0.486 e. The zero-order valence-corrected chi connectivity index (χ0v) is 15.2. The maximum absolute atomic E-state index is 6.30. The van der Waals surface area contributed by atoms with E-state index in [1.807, 2.05) is 32.0 Å². The molecule has 1 aromatic heterocycles. The van der Waals surface area contributed by atoms with Crippen LogP contribution in [-0.2, 0) is 0 Å². The first kappa shape index (κ1) is 17.0. The summed E-state index contributed by atoms with van der Waals surface area (Å²) in [6, 6.07) is 11.8. The molecule has 1 aliphatic heterocycles. The van der Waals surface area contributed by atoms with Crippen molar-refractivity contribution in [3.63, 3.8) is 0 Å². The average Bonchev–Trinajstić information content (AvgIpc) is 2.68. The molecule has 0 amide bonds. The summed E-state index contributed by atoms with van der Waals surface area (Å²) in [5, 5.41) is 6.52. The Labute approximate surface area is 157 Å². The Balaban J connectivity index is 1.59. The SMILES string of the molecule is Cc1ccc(C)c(Nc2ncnc(Nc3ccc4c(c3)OCCO4)c2N)c1. The Morgan fingerprint density at radius 2 is 1.63 bits per heavy atom. The maximum atomic E-state index is 6.30. The van der Waals surface area contributed by atoms with Crippen molar-refractivity contribution in [3.8, 4) is 11.5 Å². The van der Waals surface area contributed by atoms with Gasteiger partial charge in [0.2, 0.25) is 0 Å². The fraction of sp³-hybridized carbons (Fsp3) is 0.200. The van der Waals surface area contributed by atoms with E-state index in [0.717, 1.165) is 28.3 Å². The molecule has 1 aliphatic rings. The van der Waals surface area contributed by atoms with Crippen LogP contribution in [0.25, 0.3) is 0 Å². The number of fused-ring (bicyclic) bond motifs is 1. The zero-order valence-electron chi connectivity index (χ0n) is 15.2. The third-order valence-corrected chi connectivity index (χ3v) is 4.33. The Kier molecular flexibility index (Phi) is 4.42. The number of ether oxygens (including phenoxy) is 2. The number of nitrogens with zero attached hydrogens (tertiary/aromatic N) is 2. The number of aromatic nitrogens is 2. The van der Waals surface area contributed by atoms with E-state index in [2.05, 4.69) is 38.8 Å². The van der Waals surface area contributed by atoms with Crippen molar-refractivity contribution in [2.45, 2.75) is 13.8 Å². The fourth-order valence-electron chi connectivity index (χ4n) is 2.85. The van der Waals surface area contributed by atoms with Crippen LogP contribution in [0.15, 0.2) is 42.7 Å². The van der Waals surface area contributed by atoms with Crippen LogP contribution in [0, 0.1) is 13.8 Å². The second-order valence-electron chi connectivity index (χ2n) is 6.41. The molecule has 0 saturated heterocycles. The Morgan fingerprint density at radius 3 is 2.44 bits per heavy atom. The summed E-state index contributed by atoms with van der Waals surface area (Å²) in [7, 11) is 0. The number of benzene rings is 2. The van der Waals surface area contributed by atoms with Crippen LogP contribution in [0.2, 0.25) is 0 Å². The number of rotatable bonds is 4. The van der Waals surface area contributed by atoms with Crippen molar-refractivity contribution in [2.75, 3.05) is 29.6 Å². The first-order valence-electron chi connectivity index (χ1n) is 8.71. The molecule has 2 aromatic carbocycles. The van der Waals surface area contributed by atoms with Crippen LogP contribution < -0.4 is 25.8 Å². The highest BCUT2D eigenvalue weighted by molar-refractivity contribution is 5.81. The van der Waals surface area contributed by atoms with Gasteiger partial charge in [0.1, 0.15) is 25.2 Å². The van der Waals surface area contributed by atoms with Crippen molar-refractivity contribution in [1.82, 2.24) is 9.97 Å². The summed E-state index contributed by atoms with van der Waals surface area (Å²) in [5.74, 6) is 2.51. The molecule has 3 aromatic rings. The Bertz CT molecular complexity index is 990. The van der Waals surface area contributed by atoms with Gasteiger partial charge in [-0.25, -0.2) is 9.97 Å². The maximum Gasteiger partial charge on any atom is 0.163 e. The normalized spacial score (nSPS) is 12.5. The summed E-state index contributed by atoms with van der Waals surface area (Å²) >= 11 is 0. The fourth-order valence-corrected chi connectivity index (χ4v) is 2.85. The number of nitrogens with two attached hydrogens (primary N) is 1. The van der Waals surface area contributed by atoms with E-state index in [1.165, 1.54) is 6.33 Å². The Hall–Kier alpha value is -3.48. The van der Waals surface area contributed by atoms with Crippen LogP contribution in [-0.4, -0.2) is 23.2 Å². The van der Waals surface area contributed by atoms with E-state index in [4.69, 9.17) is 15.2 Å². The highest BCUT2D eigenvalue weighted by atomic mass is 16.6.